The third kappa shape index (κ3) is 2.97. The van der Waals surface area contributed by atoms with Crippen LogP contribution >= 0.6 is 0 Å². The van der Waals surface area contributed by atoms with Gasteiger partial charge in [0.15, 0.2) is 0 Å². The lowest BCUT2D eigenvalue weighted by molar-refractivity contribution is 0.365. The predicted molar refractivity (Wildman–Crippen MR) is 72.0 cm³/mol. The van der Waals surface area contributed by atoms with Crippen molar-refractivity contribution in [2.24, 2.45) is 11.1 Å². The number of H-pyrrole nitrogens is 1. The third-order valence-corrected chi connectivity index (χ3v) is 3.01. The summed E-state index contributed by atoms with van der Waals surface area (Å²) >= 11 is 0. The number of benzene rings is 1. The van der Waals surface area contributed by atoms with Crippen LogP contribution in [-0.4, -0.2) is 23.1 Å². The van der Waals surface area contributed by atoms with Crippen LogP contribution in [-0.2, 0) is 0 Å². The molecular weight excluding hydrogens is 212 g/mol. The van der Waals surface area contributed by atoms with Crippen molar-refractivity contribution in [2.75, 3.05) is 18.4 Å². The number of nitrogens with zero attached hydrogens (tertiary/aromatic N) is 1. The number of fused-ring (bicyclic) bond motifs is 1. The van der Waals surface area contributed by atoms with Crippen LogP contribution in [0.2, 0.25) is 0 Å². The van der Waals surface area contributed by atoms with Gasteiger partial charge in [-0.25, -0.2) is 4.98 Å². The number of imidazole rings is 1. The Kier molecular flexibility index (Phi) is 3.33. The molecule has 0 atom stereocenters. The highest BCUT2D eigenvalue weighted by molar-refractivity contribution is 5.78. The molecule has 0 aliphatic rings. The van der Waals surface area contributed by atoms with Crippen LogP contribution in [0.3, 0.4) is 0 Å². The summed E-state index contributed by atoms with van der Waals surface area (Å²) in [6.45, 7) is 6.10. The van der Waals surface area contributed by atoms with Gasteiger partial charge >= 0.3 is 0 Å². The molecule has 1 aromatic heterocycles. The predicted octanol–water partition coefficient (Wildman–Crippen LogP) is 2.35. The molecule has 0 radical (unpaired) electrons. The molecule has 17 heavy (non-hydrogen) atoms. The summed E-state index contributed by atoms with van der Waals surface area (Å²) in [6.07, 6.45) is 2.74. The summed E-state index contributed by atoms with van der Waals surface area (Å²) in [5, 5.41) is 3.45. The molecule has 0 spiro atoms. The molecule has 0 fully saturated rings. The molecule has 1 heterocycles. The van der Waals surface area contributed by atoms with Crippen LogP contribution < -0.4 is 11.1 Å². The van der Waals surface area contributed by atoms with Crippen molar-refractivity contribution in [3.63, 3.8) is 0 Å². The van der Waals surface area contributed by atoms with E-state index >= 15 is 0 Å². The molecule has 0 aliphatic heterocycles. The minimum Gasteiger partial charge on any atom is -0.384 e. The van der Waals surface area contributed by atoms with Gasteiger partial charge < -0.3 is 16.0 Å². The van der Waals surface area contributed by atoms with Crippen molar-refractivity contribution in [3.8, 4) is 0 Å². The highest BCUT2D eigenvalue weighted by atomic mass is 14.9. The van der Waals surface area contributed by atoms with E-state index in [1.165, 1.54) is 0 Å². The van der Waals surface area contributed by atoms with Gasteiger partial charge in [-0.15, -0.1) is 0 Å². The second-order valence-corrected chi connectivity index (χ2v) is 5.19. The van der Waals surface area contributed by atoms with Crippen LogP contribution in [0.15, 0.2) is 24.5 Å². The maximum atomic E-state index is 5.60. The van der Waals surface area contributed by atoms with Crippen molar-refractivity contribution in [1.29, 1.82) is 0 Å². The Morgan fingerprint density at radius 2 is 2.24 bits per heavy atom. The van der Waals surface area contributed by atoms with E-state index in [0.29, 0.717) is 0 Å². The summed E-state index contributed by atoms with van der Waals surface area (Å²) in [6, 6.07) is 6.16. The molecule has 0 bridgehead atoms. The van der Waals surface area contributed by atoms with Gasteiger partial charge in [-0.3, -0.25) is 0 Å². The van der Waals surface area contributed by atoms with Crippen molar-refractivity contribution in [1.82, 2.24) is 9.97 Å². The maximum absolute atomic E-state index is 5.60. The van der Waals surface area contributed by atoms with Crippen LogP contribution in [0.4, 0.5) is 5.69 Å². The molecule has 4 heteroatoms. The number of nitrogens with one attached hydrogen (secondary N) is 2. The molecule has 92 valence electrons. The van der Waals surface area contributed by atoms with E-state index in [2.05, 4.69) is 41.3 Å². The number of rotatable bonds is 5. The van der Waals surface area contributed by atoms with Gasteiger partial charge in [-0.2, -0.15) is 0 Å². The van der Waals surface area contributed by atoms with Gasteiger partial charge in [-0.05, 0) is 36.6 Å². The minimum atomic E-state index is 0.220. The lowest BCUT2D eigenvalue weighted by atomic mass is 9.89. The summed E-state index contributed by atoms with van der Waals surface area (Å²) in [5.74, 6) is 0. The summed E-state index contributed by atoms with van der Waals surface area (Å²) in [4.78, 5) is 7.31. The SMILES string of the molecule is CC(C)(CCN)CNc1ccc2nc[nH]c2c1. The number of aromatic amines is 1. The molecule has 0 unspecified atom stereocenters. The zero-order valence-corrected chi connectivity index (χ0v) is 10.5. The molecule has 4 nitrogen and oxygen atoms in total. The lowest BCUT2D eigenvalue weighted by Gasteiger charge is -2.24. The number of anilines is 1. The molecule has 2 aromatic rings. The standard InChI is InChI=1S/C13H20N4/c1-13(2,5-6-14)8-15-10-3-4-11-12(7-10)17-9-16-11/h3-4,7,9,15H,5-6,8,14H2,1-2H3,(H,16,17). The largest absolute Gasteiger partial charge is 0.384 e. The fraction of sp³-hybridized carbons (Fsp3) is 0.462. The Hall–Kier alpha value is -1.55. The zero-order chi connectivity index (χ0) is 12.3. The average molecular weight is 232 g/mol. The number of aromatic nitrogens is 2. The van der Waals surface area contributed by atoms with E-state index in [4.69, 9.17) is 5.73 Å². The van der Waals surface area contributed by atoms with Crippen molar-refractivity contribution in [2.45, 2.75) is 20.3 Å². The first-order chi connectivity index (χ1) is 8.11. The zero-order valence-electron chi connectivity index (χ0n) is 10.5. The summed E-state index contributed by atoms with van der Waals surface area (Å²) < 4.78 is 0. The number of hydrogen-bond donors (Lipinski definition) is 3. The van der Waals surface area contributed by atoms with Crippen LogP contribution in [0.25, 0.3) is 11.0 Å². The molecule has 2 rings (SSSR count). The fourth-order valence-electron chi connectivity index (χ4n) is 1.87. The highest BCUT2D eigenvalue weighted by Gasteiger charge is 2.16. The van der Waals surface area contributed by atoms with E-state index in [0.717, 1.165) is 36.2 Å². The van der Waals surface area contributed by atoms with Crippen LogP contribution in [0, 0.1) is 5.41 Å². The first-order valence-corrected chi connectivity index (χ1v) is 5.98. The van der Waals surface area contributed by atoms with Crippen LogP contribution in [0.5, 0.6) is 0 Å². The number of nitrogens with two attached hydrogens (primary N) is 1. The van der Waals surface area contributed by atoms with E-state index in [1.807, 2.05) is 6.07 Å². The van der Waals surface area contributed by atoms with Gasteiger partial charge in [-0.1, -0.05) is 13.8 Å². The smallest absolute Gasteiger partial charge is 0.0931 e. The monoisotopic (exact) mass is 232 g/mol. The van der Waals surface area contributed by atoms with E-state index < -0.39 is 0 Å². The summed E-state index contributed by atoms with van der Waals surface area (Å²) in [7, 11) is 0. The lowest BCUT2D eigenvalue weighted by Crippen LogP contribution is -2.26. The normalized spacial score (nSPS) is 11.9. The van der Waals surface area contributed by atoms with Gasteiger partial charge in [0.2, 0.25) is 0 Å². The van der Waals surface area contributed by atoms with Gasteiger partial charge in [0, 0.05) is 12.2 Å². The third-order valence-electron chi connectivity index (χ3n) is 3.01. The molecular formula is C13H20N4. The van der Waals surface area contributed by atoms with E-state index in [1.54, 1.807) is 6.33 Å². The Labute approximate surface area is 102 Å². The van der Waals surface area contributed by atoms with Crippen LogP contribution in [0.1, 0.15) is 20.3 Å². The Morgan fingerprint density at radius 1 is 1.41 bits per heavy atom. The van der Waals surface area contributed by atoms with Gasteiger partial charge in [0.05, 0.1) is 17.4 Å². The Balaban J connectivity index is 2.03. The molecule has 4 N–H and O–H groups in total. The first-order valence-electron chi connectivity index (χ1n) is 5.98. The summed E-state index contributed by atoms with van der Waals surface area (Å²) in [5.41, 5.74) is 9.00. The second kappa shape index (κ2) is 4.75. The topological polar surface area (TPSA) is 66.7 Å². The molecule has 0 saturated heterocycles. The number of hydrogen-bond acceptors (Lipinski definition) is 3. The fourth-order valence-corrected chi connectivity index (χ4v) is 1.87. The average Bonchev–Trinajstić information content (AvgIpc) is 2.73. The van der Waals surface area contributed by atoms with E-state index in [9.17, 15) is 0 Å². The maximum Gasteiger partial charge on any atom is 0.0931 e. The van der Waals surface area contributed by atoms with Crippen molar-refractivity contribution < 1.29 is 0 Å². The molecule has 0 amide bonds. The Morgan fingerprint density at radius 3 is 3.00 bits per heavy atom. The van der Waals surface area contributed by atoms with Crippen molar-refractivity contribution >= 4 is 16.7 Å². The quantitative estimate of drug-likeness (QED) is 0.741. The van der Waals surface area contributed by atoms with Gasteiger partial charge in [0.1, 0.15) is 0 Å². The van der Waals surface area contributed by atoms with Gasteiger partial charge in [0.25, 0.3) is 0 Å². The molecule has 1 aromatic carbocycles. The minimum absolute atomic E-state index is 0.220. The Bertz CT molecular complexity index is 487. The first kappa shape index (κ1) is 11.9. The van der Waals surface area contributed by atoms with Crippen molar-refractivity contribution in [3.05, 3.63) is 24.5 Å². The van der Waals surface area contributed by atoms with E-state index in [-0.39, 0.29) is 5.41 Å². The molecule has 0 aliphatic carbocycles. The second-order valence-electron chi connectivity index (χ2n) is 5.19. The molecule has 0 saturated carbocycles. The highest BCUT2D eigenvalue weighted by Crippen LogP contribution is 2.21.